The zero-order valence-electron chi connectivity index (χ0n) is 12.2. The second kappa shape index (κ2) is 6.49. The number of aliphatic carboxylic acids is 1. The van der Waals surface area contributed by atoms with Crippen LogP contribution >= 0.6 is 0 Å². The van der Waals surface area contributed by atoms with Gasteiger partial charge < -0.3 is 20.6 Å². The van der Waals surface area contributed by atoms with Crippen LogP contribution in [0.5, 0.6) is 0 Å². The first kappa shape index (κ1) is 18.1. The van der Waals surface area contributed by atoms with Gasteiger partial charge in [0, 0.05) is 12.0 Å². The molecule has 0 aliphatic rings. The molecule has 2 unspecified atom stereocenters. The molecule has 0 aromatic carbocycles. The average molecular weight is 291 g/mol. The van der Waals surface area contributed by atoms with E-state index in [-0.39, 0.29) is 13.2 Å². The fourth-order valence-electron chi connectivity index (χ4n) is 1.50. The number of carbonyl (C=O) groups is 2. The van der Waals surface area contributed by atoms with Gasteiger partial charge in [0.1, 0.15) is 6.10 Å². The van der Waals surface area contributed by atoms with E-state index in [0.29, 0.717) is 0 Å². The minimum Gasteiger partial charge on any atom is -0.481 e. The lowest BCUT2D eigenvalue weighted by atomic mass is 9.87. The van der Waals surface area contributed by atoms with Crippen molar-refractivity contribution in [2.45, 2.75) is 45.1 Å². The van der Waals surface area contributed by atoms with E-state index in [2.05, 4.69) is 5.32 Å². The van der Waals surface area contributed by atoms with Gasteiger partial charge in [0.05, 0.1) is 20.2 Å². The highest BCUT2D eigenvalue weighted by Crippen LogP contribution is 2.22. The van der Waals surface area contributed by atoms with Gasteiger partial charge in [-0.2, -0.15) is 0 Å². The van der Waals surface area contributed by atoms with Crippen molar-refractivity contribution in [3.05, 3.63) is 0 Å². The maximum atomic E-state index is 11.8. The van der Waals surface area contributed by atoms with Crippen molar-refractivity contribution in [2.75, 3.05) is 13.2 Å². The van der Waals surface area contributed by atoms with E-state index in [4.69, 9.17) is 10.2 Å². The van der Waals surface area contributed by atoms with Crippen LogP contribution in [0.25, 0.3) is 0 Å². The van der Waals surface area contributed by atoms with Gasteiger partial charge in [-0.1, -0.05) is 33.5 Å². The second-order valence-corrected chi connectivity index (χ2v) is 12.0. The number of rotatable bonds is 7. The molecule has 0 heterocycles. The van der Waals surface area contributed by atoms with Crippen molar-refractivity contribution in [3.8, 4) is 0 Å². The maximum Gasteiger partial charge on any atom is 0.305 e. The molecule has 0 rings (SSSR count). The summed E-state index contributed by atoms with van der Waals surface area (Å²) in [7, 11) is -1.95. The molecule has 6 nitrogen and oxygen atoms in total. The van der Waals surface area contributed by atoms with E-state index in [9.17, 15) is 14.7 Å². The molecule has 0 aliphatic heterocycles. The van der Waals surface area contributed by atoms with Gasteiger partial charge in [0.15, 0.2) is 0 Å². The Morgan fingerprint density at radius 1 is 1.26 bits per heavy atom. The number of carboxylic acid groups (broad SMARTS) is 1. The molecule has 0 spiro atoms. The predicted molar refractivity (Wildman–Crippen MR) is 74.6 cm³/mol. The molecule has 112 valence electrons. The molecule has 2 atom stereocenters. The van der Waals surface area contributed by atoms with Crippen LogP contribution in [0.4, 0.5) is 0 Å². The molecule has 0 saturated carbocycles. The highest BCUT2D eigenvalue weighted by molar-refractivity contribution is 6.80. The summed E-state index contributed by atoms with van der Waals surface area (Å²) in [6.45, 7) is 8.51. The second-order valence-electron chi connectivity index (χ2n) is 6.55. The van der Waals surface area contributed by atoms with Crippen LogP contribution < -0.4 is 5.32 Å². The van der Waals surface area contributed by atoms with E-state index in [1.165, 1.54) is 0 Å². The van der Waals surface area contributed by atoms with E-state index in [1.54, 1.807) is 13.8 Å². The Balaban J connectivity index is 4.63. The van der Waals surface area contributed by atoms with Crippen LogP contribution in [-0.4, -0.2) is 54.5 Å². The molecule has 4 N–H and O–H groups in total. The molecule has 0 aromatic rings. The maximum absolute atomic E-state index is 11.8. The van der Waals surface area contributed by atoms with Crippen molar-refractivity contribution < 1.29 is 24.9 Å². The third-order valence-corrected chi connectivity index (χ3v) is 5.76. The minimum atomic E-state index is -1.95. The largest absolute Gasteiger partial charge is 0.481 e. The van der Waals surface area contributed by atoms with E-state index in [0.717, 1.165) is 0 Å². The molecular weight excluding hydrogens is 266 g/mol. The van der Waals surface area contributed by atoms with Crippen LogP contribution in [0.3, 0.4) is 0 Å². The number of amides is 1. The molecule has 0 aromatic heterocycles. The summed E-state index contributed by atoms with van der Waals surface area (Å²) in [5.41, 5.74) is -1.57. The molecule has 0 radical (unpaired) electrons. The van der Waals surface area contributed by atoms with Gasteiger partial charge in [-0.05, 0) is 0 Å². The lowest BCUT2D eigenvalue weighted by molar-refractivity contribution is -0.138. The van der Waals surface area contributed by atoms with Crippen molar-refractivity contribution in [3.63, 3.8) is 0 Å². The van der Waals surface area contributed by atoms with Crippen LogP contribution in [0.1, 0.15) is 13.8 Å². The third-order valence-electron chi connectivity index (χ3n) is 3.22. The van der Waals surface area contributed by atoms with Crippen molar-refractivity contribution in [1.82, 2.24) is 5.32 Å². The number of aliphatic hydroxyl groups excluding tert-OH is 2. The highest BCUT2D eigenvalue weighted by atomic mass is 28.3. The minimum absolute atomic E-state index is 0.00244. The van der Waals surface area contributed by atoms with Crippen LogP contribution in [0.15, 0.2) is 0 Å². The summed E-state index contributed by atoms with van der Waals surface area (Å²) in [6, 6.07) is 0. The lowest BCUT2D eigenvalue weighted by Gasteiger charge is -2.29. The first-order valence-electron chi connectivity index (χ1n) is 6.23. The van der Waals surface area contributed by atoms with Gasteiger partial charge in [0.25, 0.3) is 0 Å². The monoisotopic (exact) mass is 291 g/mol. The summed E-state index contributed by atoms with van der Waals surface area (Å²) >= 11 is 0. The van der Waals surface area contributed by atoms with E-state index >= 15 is 0 Å². The number of nitrogens with one attached hydrogen (secondary N) is 1. The number of hydrogen-bond acceptors (Lipinski definition) is 4. The van der Waals surface area contributed by atoms with Crippen molar-refractivity contribution >= 4 is 20.0 Å². The Morgan fingerprint density at radius 2 is 1.74 bits per heavy atom. The molecular formula is C12H25NO5Si. The zero-order valence-corrected chi connectivity index (χ0v) is 13.2. The molecule has 0 bridgehead atoms. The standard InChI is InChI=1S/C12H25NO5Si/c1-12(2,7-14)9(15)10(16)13-6-8(11(17)18)19(3,4)5/h8-9,14-15H,6-7H2,1-5H3,(H,13,16)(H,17,18). The molecule has 19 heavy (non-hydrogen) atoms. The lowest BCUT2D eigenvalue weighted by Crippen LogP contribution is -2.49. The van der Waals surface area contributed by atoms with Gasteiger partial charge in [-0.25, -0.2) is 0 Å². The topological polar surface area (TPSA) is 107 Å². The van der Waals surface area contributed by atoms with Crippen LogP contribution in [-0.2, 0) is 9.59 Å². The van der Waals surface area contributed by atoms with Crippen molar-refractivity contribution in [1.29, 1.82) is 0 Å². The molecule has 0 fully saturated rings. The Bertz CT molecular complexity index is 338. The molecule has 0 saturated heterocycles. The molecule has 1 amide bonds. The number of hydrogen-bond donors (Lipinski definition) is 4. The quantitative estimate of drug-likeness (QED) is 0.504. The fourth-order valence-corrected chi connectivity index (χ4v) is 2.96. The van der Waals surface area contributed by atoms with Gasteiger partial charge >= 0.3 is 5.97 Å². The summed E-state index contributed by atoms with van der Waals surface area (Å²) in [6.07, 6.45) is -1.37. The zero-order chi connectivity index (χ0) is 15.4. The first-order chi connectivity index (χ1) is 8.43. The number of carboxylic acids is 1. The summed E-state index contributed by atoms with van der Waals surface area (Å²) < 4.78 is 0. The molecule has 0 aliphatic carbocycles. The summed E-state index contributed by atoms with van der Waals surface area (Å²) in [4.78, 5) is 22.9. The number of aliphatic hydroxyl groups is 2. The average Bonchev–Trinajstić information content (AvgIpc) is 2.25. The number of carbonyl (C=O) groups excluding carboxylic acids is 1. The van der Waals surface area contributed by atoms with Gasteiger partial charge in [0.2, 0.25) is 5.91 Å². The SMILES string of the molecule is CC(C)(CO)C(O)C(=O)NCC(C(=O)O)[Si](C)(C)C. The Hall–Kier alpha value is -0.923. The van der Waals surface area contributed by atoms with Crippen molar-refractivity contribution in [2.24, 2.45) is 5.41 Å². The predicted octanol–water partition coefficient (Wildman–Crippen LogP) is 0.275. The highest BCUT2D eigenvalue weighted by Gasteiger charge is 2.36. The Kier molecular flexibility index (Phi) is 6.18. The fraction of sp³-hybridized carbons (Fsp3) is 0.833. The third kappa shape index (κ3) is 5.29. The first-order valence-corrected chi connectivity index (χ1v) is 9.80. The molecule has 7 heteroatoms. The van der Waals surface area contributed by atoms with Gasteiger partial charge in [-0.15, -0.1) is 0 Å². The normalized spacial score (nSPS) is 15.7. The smallest absolute Gasteiger partial charge is 0.305 e. The Labute approximate surface area is 114 Å². The van der Waals surface area contributed by atoms with Gasteiger partial charge in [-0.3, -0.25) is 9.59 Å². The van der Waals surface area contributed by atoms with Crippen LogP contribution in [0.2, 0.25) is 25.2 Å². The summed E-state index contributed by atoms with van der Waals surface area (Å²) in [5.74, 6) is -1.58. The van der Waals surface area contributed by atoms with E-state index in [1.807, 2.05) is 19.6 Å². The summed E-state index contributed by atoms with van der Waals surface area (Å²) in [5, 5.41) is 30.5. The van der Waals surface area contributed by atoms with Crippen LogP contribution in [0, 0.1) is 5.41 Å². The Morgan fingerprint density at radius 3 is 2.05 bits per heavy atom. The van der Waals surface area contributed by atoms with E-state index < -0.39 is 37.0 Å².